The molecule has 3 N–H and O–H groups in total. The molecule has 2 rings (SSSR count). The number of nitrogen functional groups attached to an aromatic ring is 1. The summed E-state index contributed by atoms with van der Waals surface area (Å²) >= 11 is 0. The van der Waals surface area contributed by atoms with Crippen LogP contribution in [0, 0.1) is 11.8 Å². The average Bonchev–Trinajstić information content (AvgIpc) is 2.46. The zero-order valence-corrected chi connectivity index (χ0v) is 14.1. The molecule has 124 valence electrons. The average molecular weight is 326 g/mol. The van der Waals surface area contributed by atoms with E-state index < -0.39 is 10.0 Å². The number of rotatable bonds is 6. The number of para-hydroxylation sites is 1. The maximum absolute atomic E-state index is 12.5. The number of nitrogens with two attached hydrogens (primary N) is 1. The van der Waals surface area contributed by atoms with Crippen molar-refractivity contribution < 1.29 is 13.2 Å². The smallest absolute Gasteiger partial charge is 0.212 e. The van der Waals surface area contributed by atoms with Crippen LogP contribution >= 0.6 is 0 Å². The Kier molecular flexibility index (Phi) is 5.83. The summed E-state index contributed by atoms with van der Waals surface area (Å²) in [6.07, 6.45) is 1.61. The summed E-state index contributed by atoms with van der Waals surface area (Å²) in [6.45, 7) is 5.29. The number of benzene rings is 1. The van der Waals surface area contributed by atoms with E-state index in [9.17, 15) is 8.42 Å². The SMILES string of the molecule is CC(C)[C@@H](NS(=O)(=O)CC1CCOCC1)c1ccccc1N. The van der Waals surface area contributed by atoms with Gasteiger partial charge in [-0.05, 0) is 36.3 Å². The molecule has 6 heteroatoms. The Labute approximate surface area is 133 Å². The first-order valence-corrected chi connectivity index (χ1v) is 9.46. The first-order valence-electron chi connectivity index (χ1n) is 7.81. The van der Waals surface area contributed by atoms with Crippen LogP contribution in [0.15, 0.2) is 24.3 Å². The molecule has 0 spiro atoms. The van der Waals surface area contributed by atoms with Gasteiger partial charge in [0.15, 0.2) is 0 Å². The summed E-state index contributed by atoms with van der Waals surface area (Å²) in [5.41, 5.74) is 7.47. The highest BCUT2D eigenvalue weighted by molar-refractivity contribution is 7.89. The minimum atomic E-state index is -3.35. The Morgan fingerprint density at radius 2 is 1.91 bits per heavy atom. The molecule has 0 bridgehead atoms. The minimum Gasteiger partial charge on any atom is -0.398 e. The lowest BCUT2D eigenvalue weighted by molar-refractivity contribution is 0.0722. The van der Waals surface area contributed by atoms with Gasteiger partial charge in [0.25, 0.3) is 0 Å². The predicted octanol–water partition coefficient (Wildman–Crippen LogP) is 2.31. The number of hydrogen-bond donors (Lipinski definition) is 2. The van der Waals surface area contributed by atoms with Gasteiger partial charge in [-0.2, -0.15) is 0 Å². The molecule has 1 aromatic carbocycles. The second-order valence-electron chi connectivity index (χ2n) is 6.31. The van der Waals surface area contributed by atoms with Crippen molar-refractivity contribution in [2.75, 3.05) is 24.7 Å². The lowest BCUT2D eigenvalue weighted by Crippen LogP contribution is -2.37. The highest BCUT2D eigenvalue weighted by Crippen LogP contribution is 2.28. The van der Waals surface area contributed by atoms with Gasteiger partial charge in [0, 0.05) is 18.9 Å². The molecule has 0 aliphatic carbocycles. The van der Waals surface area contributed by atoms with E-state index in [4.69, 9.17) is 10.5 Å². The van der Waals surface area contributed by atoms with Crippen LogP contribution in [0.2, 0.25) is 0 Å². The third-order valence-corrected chi connectivity index (χ3v) is 5.62. The van der Waals surface area contributed by atoms with Gasteiger partial charge in [-0.1, -0.05) is 32.0 Å². The van der Waals surface area contributed by atoms with Crippen LogP contribution in [-0.4, -0.2) is 27.4 Å². The molecule has 1 heterocycles. The van der Waals surface area contributed by atoms with Crippen molar-refractivity contribution in [3.63, 3.8) is 0 Å². The number of hydrogen-bond acceptors (Lipinski definition) is 4. The molecule has 1 saturated heterocycles. The lowest BCUT2D eigenvalue weighted by atomic mass is 9.96. The van der Waals surface area contributed by atoms with Crippen LogP contribution in [0.4, 0.5) is 5.69 Å². The molecule has 5 nitrogen and oxygen atoms in total. The quantitative estimate of drug-likeness (QED) is 0.786. The molecule has 1 aliphatic heterocycles. The van der Waals surface area contributed by atoms with E-state index in [2.05, 4.69) is 4.72 Å². The maximum Gasteiger partial charge on any atom is 0.212 e. The van der Waals surface area contributed by atoms with E-state index >= 15 is 0 Å². The van der Waals surface area contributed by atoms with Gasteiger partial charge in [-0.25, -0.2) is 13.1 Å². The van der Waals surface area contributed by atoms with Crippen molar-refractivity contribution in [3.05, 3.63) is 29.8 Å². The minimum absolute atomic E-state index is 0.120. The Hall–Kier alpha value is -1.11. The molecular weight excluding hydrogens is 300 g/mol. The van der Waals surface area contributed by atoms with Crippen LogP contribution in [0.1, 0.15) is 38.3 Å². The van der Waals surface area contributed by atoms with Crippen molar-refractivity contribution in [1.82, 2.24) is 4.72 Å². The molecule has 22 heavy (non-hydrogen) atoms. The lowest BCUT2D eigenvalue weighted by Gasteiger charge is -2.26. The second-order valence-corrected chi connectivity index (χ2v) is 8.10. The summed E-state index contributed by atoms with van der Waals surface area (Å²) in [4.78, 5) is 0. The first-order chi connectivity index (χ1) is 10.4. The van der Waals surface area contributed by atoms with Crippen molar-refractivity contribution in [2.45, 2.75) is 32.7 Å². The largest absolute Gasteiger partial charge is 0.398 e. The Morgan fingerprint density at radius 3 is 2.50 bits per heavy atom. The summed E-state index contributed by atoms with van der Waals surface area (Å²) in [5.74, 6) is 0.452. The molecule has 0 radical (unpaired) electrons. The van der Waals surface area contributed by atoms with Crippen LogP contribution in [0.3, 0.4) is 0 Å². The number of anilines is 1. The molecule has 1 aromatic rings. The summed E-state index contributed by atoms with van der Waals surface area (Å²) in [7, 11) is -3.35. The van der Waals surface area contributed by atoms with Gasteiger partial charge < -0.3 is 10.5 Å². The van der Waals surface area contributed by atoms with Gasteiger partial charge in [0.1, 0.15) is 0 Å². The third kappa shape index (κ3) is 4.69. The van der Waals surface area contributed by atoms with E-state index in [0.717, 1.165) is 18.4 Å². The van der Waals surface area contributed by atoms with Gasteiger partial charge >= 0.3 is 0 Å². The molecular formula is C16H26N2O3S. The number of nitrogens with one attached hydrogen (secondary N) is 1. The molecule has 1 atom stereocenters. The summed E-state index contributed by atoms with van der Waals surface area (Å²) in [5, 5.41) is 0. The van der Waals surface area contributed by atoms with Gasteiger partial charge in [-0.15, -0.1) is 0 Å². The Bertz CT molecular complexity index is 581. The number of ether oxygens (including phenoxy) is 1. The monoisotopic (exact) mass is 326 g/mol. The molecule has 1 aliphatic rings. The topological polar surface area (TPSA) is 81.4 Å². The van der Waals surface area contributed by atoms with E-state index in [1.54, 1.807) is 6.07 Å². The Morgan fingerprint density at radius 1 is 1.27 bits per heavy atom. The van der Waals surface area contributed by atoms with Gasteiger partial charge in [0.2, 0.25) is 10.0 Å². The van der Waals surface area contributed by atoms with Crippen LogP contribution in [-0.2, 0) is 14.8 Å². The maximum atomic E-state index is 12.5. The van der Waals surface area contributed by atoms with Crippen LogP contribution in [0.5, 0.6) is 0 Å². The van der Waals surface area contributed by atoms with Crippen LogP contribution in [0.25, 0.3) is 0 Å². The zero-order chi connectivity index (χ0) is 16.2. The van der Waals surface area contributed by atoms with Crippen LogP contribution < -0.4 is 10.5 Å². The van der Waals surface area contributed by atoms with E-state index in [0.29, 0.717) is 18.9 Å². The molecule has 0 saturated carbocycles. The van der Waals surface area contributed by atoms with E-state index in [-0.39, 0.29) is 23.6 Å². The van der Waals surface area contributed by atoms with E-state index in [1.807, 2.05) is 32.0 Å². The van der Waals surface area contributed by atoms with Crippen molar-refractivity contribution in [2.24, 2.45) is 11.8 Å². The third-order valence-electron chi connectivity index (χ3n) is 4.10. The second kappa shape index (κ2) is 7.44. The number of sulfonamides is 1. The van der Waals surface area contributed by atoms with Gasteiger partial charge in [-0.3, -0.25) is 0 Å². The Balaban J connectivity index is 2.11. The molecule has 0 amide bonds. The van der Waals surface area contributed by atoms with Crippen molar-refractivity contribution >= 4 is 15.7 Å². The highest BCUT2D eigenvalue weighted by atomic mass is 32.2. The molecule has 1 fully saturated rings. The van der Waals surface area contributed by atoms with E-state index in [1.165, 1.54) is 0 Å². The van der Waals surface area contributed by atoms with Crippen molar-refractivity contribution in [3.8, 4) is 0 Å². The normalized spacial score (nSPS) is 18.5. The van der Waals surface area contributed by atoms with Gasteiger partial charge in [0.05, 0.1) is 11.8 Å². The highest BCUT2D eigenvalue weighted by Gasteiger charge is 2.27. The summed E-state index contributed by atoms with van der Waals surface area (Å²) < 4.78 is 33.1. The molecule has 0 aromatic heterocycles. The fourth-order valence-electron chi connectivity index (χ4n) is 2.82. The fraction of sp³-hybridized carbons (Fsp3) is 0.625. The summed E-state index contributed by atoms with van der Waals surface area (Å²) in [6, 6.07) is 7.13. The zero-order valence-electron chi connectivity index (χ0n) is 13.3. The van der Waals surface area contributed by atoms with Crippen molar-refractivity contribution in [1.29, 1.82) is 0 Å². The fourth-order valence-corrected chi connectivity index (χ4v) is 4.65. The standard InChI is InChI=1S/C16H26N2O3S/c1-12(2)16(14-5-3-4-6-15(14)17)18-22(19,20)11-13-7-9-21-10-8-13/h3-6,12-13,16,18H,7-11,17H2,1-2H3/t16-/m1/s1. The first kappa shape index (κ1) is 17.2. The predicted molar refractivity (Wildman–Crippen MR) is 88.9 cm³/mol. The molecule has 0 unspecified atom stereocenters.